The van der Waals surface area contributed by atoms with Crippen LogP contribution in [0.3, 0.4) is 0 Å². The van der Waals surface area contributed by atoms with Crippen molar-refractivity contribution in [1.29, 1.82) is 0 Å². The summed E-state index contributed by atoms with van der Waals surface area (Å²) in [4.78, 5) is 0. The zero-order valence-corrected chi connectivity index (χ0v) is 12.1. The Morgan fingerprint density at radius 2 is 1.45 bits per heavy atom. The van der Waals surface area contributed by atoms with Gasteiger partial charge in [-0.3, -0.25) is 0 Å². The molecule has 0 N–H and O–H groups in total. The second-order valence-electron chi connectivity index (χ2n) is 5.16. The SMILES string of the molecule is COc1cc(C)c(-c2cccc3ccccc23)c(C)c1. The molecule has 0 aliphatic rings. The molecular formula is C19H18O. The first-order valence-electron chi connectivity index (χ1n) is 6.84. The number of hydrogen-bond acceptors (Lipinski definition) is 1. The molecule has 0 amide bonds. The first kappa shape index (κ1) is 12.7. The molecule has 0 fully saturated rings. The standard InChI is InChI=1S/C19H18O/c1-13-11-16(20-3)12-14(2)19(13)18-10-6-8-15-7-4-5-9-17(15)18/h4-12H,1-3H3. The molecule has 0 aliphatic heterocycles. The smallest absolute Gasteiger partial charge is 0.119 e. The van der Waals surface area contributed by atoms with Crippen LogP contribution in [0.5, 0.6) is 5.75 Å². The van der Waals surface area contributed by atoms with Gasteiger partial charge in [0.2, 0.25) is 0 Å². The van der Waals surface area contributed by atoms with Gasteiger partial charge in [0.05, 0.1) is 7.11 Å². The highest BCUT2D eigenvalue weighted by molar-refractivity contribution is 5.98. The number of hydrogen-bond donors (Lipinski definition) is 0. The van der Waals surface area contributed by atoms with Crippen LogP contribution in [0.25, 0.3) is 21.9 Å². The van der Waals surface area contributed by atoms with Crippen LogP contribution in [-0.2, 0) is 0 Å². The topological polar surface area (TPSA) is 9.23 Å². The molecule has 0 unspecified atom stereocenters. The summed E-state index contributed by atoms with van der Waals surface area (Å²) in [6.45, 7) is 4.29. The van der Waals surface area contributed by atoms with E-state index in [2.05, 4.69) is 68.4 Å². The summed E-state index contributed by atoms with van der Waals surface area (Å²) in [6, 6.07) is 19.2. The lowest BCUT2D eigenvalue weighted by Gasteiger charge is -2.14. The van der Waals surface area contributed by atoms with E-state index in [1.165, 1.54) is 33.0 Å². The molecule has 0 saturated heterocycles. The van der Waals surface area contributed by atoms with E-state index >= 15 is 0 Å². The van der Waals surface area contributed by atoms with E-state index < -0.39 is 0 Å². The van der Waals surface area contributed by atoms with Crippen molar-refractivity contribution in [3.8, 4) is 16.9 Å². The summed E-state index contributed by atoms with van der Waals surface area (Å²) in [6.07, 6.45) is 0. The lowest BCUT2D eigenvalue weighted by Crippen LogP contribution is -1.92. The van der Waals surface area contributed by atoms with Gasteiger partial charge in [0.15, 0.2) is 0 Å². The van der Waals surface area contributed by atoms with Gasteiger partial charge in [-0.05, 0) is 59.0 Å². The molecule has 20 heavy (non-hydrogen) atoms. The van der Waals surface area contributed by atoms with Crippen molar-refractivity contribution >= 4 is 10.8 Å². The Morgan fingerprint density at radius 1 is 0.800 bits per heavy atom. The number of aryl methyl sites for hydroxylation is 2. The van der Waals surface area contributed by atoms with Crippen LogP contribution < -0.4 is 4.74 Å². The van der Waals surface area contributed by atoms with Gasteiger partial charge >= 0.3 is 0 Å². The van der Waals surface area contributed by atoms with Gasteiger partial charge in [-0.25, -0.2) is 0 Å². The maximum absolute atomic E-state index is 5.35. The molecule has 3 aromatic carbocycles. The van der Waals surface area contributed by atoms with E-state index in [4.69, 9.17) is 4.74 Å². The van der Waals surface area contributed by atoms with E-state index in [0.29, 0.717) is 0 Å². The number of rotatable bonds is 2. The lowest BCUT2D eigenvalue weighted by atomic mass is 9.91. The van der Waals surface area contributed by atoms with Gasteiger partial charge in [0.25, 0.3) is 0 Å². The second kappa shape index (κ2) is 5.01. The third-order valence-electron chi connectivity index (χ3n) is 3.80. The Labute approximate surface area is 119 Å². The van der Waals surface area contributed by atoms with Crippen LogP contribution in [0.15, 0.2) is 54.6 Å². The molecule has 0 bridgehead atoms. The Balaban J connectivity index is 2.31. The molecule has 0 aromatic heterocycles. The molecule has 0 heterocycles. The molecule has 0 saturated carbocycles. The Morgan fingerprint density at radius 3 is 2.15 bits per heavy atom. The van der Waals surface area contributed by atoms with E-state index in [0.717, 1.165) is 5.75 Å². The summed E-state index contributed by atoms with van der Waals surface area (Å²) in [5, 5.41) is 2.57. The summed E-state index contributed by atoms with van der Waals surface area (Å²) >= 11 is 0. The third-order valence-corrected chi connectivity index (χ3v) is 3.80. The van der Waals surface area contributed by atoms with Crippen LogP contribution in [0, 0.1) is 13.8 Å². The van der Waals surface area contributed by atoms with Gasteiger partial charge in [0.1, 0.15) is 5.75 Å². The Bertz CT molecular complexity index is 743. The number of benzene rings is 3. The maximum atomic E-state index is 5.35. The predicted molar refractivity (Wildman–Crippen MR) is 85.4 cm³/mol. The van der Waals surface area contributed by atoms with Crippen molar-refractivity contribution in [3.63, 3.8) is 0 Å². The van der Waals surface area contributed by atoms with Gasteiger partial charge in [-0.2, -0.15) is 0 Å². The molecule has 0 atom stereocenters. The van der Waals surface area contributed by atoms with Crippen molar-refractivity contribution in [2.75, 3.05) is 7.11 Å². The predicted octanol–water partition coefficient (Wildman–Crippen LogP) is 5.13. The van der Waals surface area contributed by atoms with Crippen molar-refractivity contribution in [3.05, 3.63) is 65.7 Å². The van der Waals surface area contributed by atoms with E-state index in [1.54, 1.807) is 7.11 Å². The van der Waals surface area contributed by atoms with Gasteiger partial charge in [-0.1, -0.05) is 42.5 Å². The zero-order valence-electron chi connectivity index (χ0n) is 12.1. The fourth-order valence-corrected chi connectivity index (χ4v) is 2.91. The molecule has 0 spiro atoms. The molecule has 3 rings (SSSR count). The number of methoxy groups -OCH3 is 1. The monoisotopic (exact) mass is 262 g/mol. The van der Waals surface area contributed by atoms with Crippen LogP contribution >= 0.6 is 0 Å². The minimum absolute atomic E-state index is 0.920. The normalized spacial score (nSPS) is 10.8. The molecular weight excluding hydrogens is 244 g/mol. The molecule has 3 aromatic rings. The Hall–Kier alpha value is -2.28. The maximum Gasteiger partial charge on any atom is 0.119 e. The van der Waals surface area contributed by atoms with E-state index in [9.17, 15) is 0 Å². The fraction of sp³-hybridized carbons (Fsp3) is 0.158. The number of fused-ring (bicyclic) bond motifs is 1. The van der Waals surface area contributed by atoms with Crippen LogP contribution in [0.4, 0.5) is 0 Å². The average molecular weight is 262 g/mol. The quantitative estimate of drug-likeness (QED) is 0.622. The van der Waals surface area contributed by atoms with Crippen LogP contribution in [0.2, 0.25) is 0 Å². The molecule has 1 heteroatoms. The fourth-order valence-electron chi connectivity index (χ4n) is 2.91. The summed E-state index contributed by atoms with van der Waals surface area (Å²) in [7, 11) is 1.71. The first-order valence-corrected chi connectivity index (χ1v) is 6.84. The minimum Gasteiger partial charge on any atom is -0.497 e. The third kappa shape index (κ3) is 2.05. The minimum atomic E-state index is 0.920. The highest BCUT2D eigenvalue weighted by atomic mass is 16.5. The first-order chi connectivity index (χ1) is 9.70. The molecule has 0 radical (unpaired) electrons. The van der Waals surface area contributed by atoms with Crippen molar-refractivity contribution < 1.29 is 4.74 Å². The van der Waals surface area contributed by atoms with Crippen molar-refractivity contribution in [2.24, 2.45) is 0 Å². The molecule has 1 nitrogen and oxygen atoms in total. The van der Waals surface area contributed by atoms with Crippen molar-refractivity contribution in [2.45, 2.75) is 13.8 Å². The van der Waals surface area contributed by atoms with E-state index in [-0.39, 0.29) is 0 Å². The zero-order chi connectivity index (χ0) is 14.1. The summed E-state index contributed by atoms with van der Waals surface area (Å²) < 4.78 is 5.35. The van der Waals surface area contributed by atoms with Crippen LogP contribution in [-0.4, -0.2) is 7.11 Å². The average Bonchev–Trinajstić information content (AvgIpc) is 2.46. The molecule has 100 valence electrons. The Kier molecular flexibility index (Phi) is 3.19. The van der Waals surface area contributed by atoms with Gasteiger partial charge in [-0.15, -0.1) is 0 Å². The second-order valence-corrected chi connectivity index (χ2v) is 5.16. The highest BCUT2D eigenvalue weighted by Gasteiger charge is 2.10. The number of ether oxygens (including phenoxy) is 1. The van der Waals surface area contributed by atoms with Gasteiger partial charge in [0, 0.05) is 0 Å². The lowest BCUT2D eigenvalue weighted by molar-refractivity contribution is 0.414. The highest BCUT2D eigenvalue weighted by Crippen LogP contribution is 2.35. The van der Waals surface area contributed by atoms with Gasteiger partial charge < -0.3 is 4.74 Å². The van der Waals surface area contributed by atoms with Crippen LogP contribution in [0.1, 0.15) is 11.1 Å². The molecule has 0 aliphatic carbocycles. The van der Waals surface area contributed by atoms with E-state index in [1.807, 2.05) is 0 Å². The summed E-state index contributed by atoms with van der Waals surface area (Å²) in [5.74, 6) is 0.920. The largest absolute Gasteiger partial charge is 0.497 e. The summed E-state index contributed by atoms with van der Waals surface area (Å²) in [5.41, 5.74) is 5.10. The van der Waals surface area contributed by atoms with Crippen molar-refractivity contribution in [1.82, 2.24) is 0 Å².